The predicted molar refractivity (Wildman–Crippen MR) is 80.6 cm³/mol. The number of hydrogen-bond donors (Lipinski definition) is 2. The fourth-order valence-corrected chi connectivity index (χ4v) is 1.82. The molecule has 3 N–H and O–H groups in total. The summed E-state index contributed by atoms with van der Waals surface area (Å²) in [7, 11) is 0. The minimum absolute atomic E-state index is 0.365. The summed E-state index contributed by atoms with van der Waals surface area (Å²) < 4.78 is 5.65. The number of benzene rings is 1. The topological polar surface area (TPSA) is 76.4 Å². The molecule has 1 heterocycles. The zero-order valence-electron chi connectivity index (χ0n) is 11.9. The average molecular weight is 272 g/mol. The van der Waals surface area contributed by atoms with E-state index in [0.29, 0.717) is 12.5 Å². The minimum atomic E-state index is 0.365. The van der Waals surface area contributed by atoms with E-state index in [4.69, 9.17) is 10.2 Å². The summed E-state index contributed by atoms with van der Waals surface area (Å²) in [6.07, 6.45) is 1.86. The molecule has 0 aliphatic carbocycles. The molecule has 0 atom stereocenters. The summed E-state index contributed by atoms with van der Waals surface area (Å²) >= 11 is 0. The Bertz CT molecular complexity index is 575. The summed E-state index contributed by atoms with van der Waals surface area (Å²) in [6.45, 7) is 4.42. The Morgan fingerprint density at radius 3 is 2.80 bits per heavy atom. The van der Waals surface area contributed by atoms with Crippen molar-refractivity contribution in [1.82, 2.24) is 4.98 Å². The van der Waals surface area contributed by atoms with Gasteiger partial charge >= 0.3 is 0 Å². The van der Waals surface area contributed by atoms with Crippen LogP contribution in [0, 0.1) is 6.92 Å². The number of para-hydroxylation sites is 1. The van der Waals surface area contributed by atoms with E-state index < -0.39 is 0 Å². The normalized spacial score (nSPS) is 11.6. The minimum Gasteiger partial charge on any atom is -0.443 e. The highest BCUT2D eigenvalue weighted by atomic mass is 16.4. The molecule has 0 saturated heterocycles. The van der Waals surface area contributed by atoms with Gasteiger partial charge in [-0.1, -0.05) is 25.1 Å². The number of nitrogens with two attached hydrogens (primary N) is 1. The number of nitrogens with zero attached hydrogens (tertiary/aromatic N) is 2. The molecule has 0 aliphatic heterocycles. The molecule has 5 heteroatoms. The fourth-order valence-electron chi connectivity index (χ4n) is 1.82. The van der Waals surface area contributed by atoms with Crippen LogP contribution >= 0.6 is 0 Å². The Labute approximate surface area is 118 Å². The maximum Gasteiger partial charge on any atom is 0.194 e. The van der Waals surface area contributed by atoms with Crippen molar-refractivity contribution in [3.05, 3.63) is 47.7 Å². The average Bonchev–Trinajstić information content (AvgIpc) is 2.78. The van der Waals surface area contributed by atoms with E-state index in [-0.39, 0.29) is 0 Å². The highest BCUT2D eigenvalue weighted by Crippen LogP contribution is 2.13. The van der Waals surface area contributed by atoms with Gasteiger partial charge in [0.25, 0.3) is 0 Å². The predicted octanol–water partition coefficient (Wildman–Crippen LogP) is 2.86. The van der Waals surface area contributed by atoms with E-state index in [1.54, 1.807) is 0 Å². The molecule has 0 amide bonds. The summed E-state index contributed by atoms with van der Waals surface area (Å²) in [6, 6.07) is 9.69. The third-order valence-corrected chi connectivity index (χ3v) is 2.84. The number of oxazole rings is 1. The first-order valence-electron chi connectivity index (χ1n) is 6.76. The van der Waals surface area contributed by atoms with E-state index in [1.165, 1.54) is 0 Å². The molecule has 2 rings (SSSR count). The number of anilines is 1. The van der Waals surface area contributed by atoms with Crippen molar-refractivity contribution in [2.45, 2.75) is 33.2 Å². The Kier molecular flexibility index (Phi) is 4.76. The zero-order valence-corrected chi connectivity index (χ0v) is 11.9. The lowest BCUT2D eigenvalue weighted by atomic mass is 10.3. The molecule has 2 aromatic rings. The molecular formula is C15H20N4O. The first-order valence-corrected chi connectivity index (χ1v) is 6.76. The van der Waals surface area contributed by atoms with Crippen molar-refractivity contribution < 1.29 is 4.42 Å². The summed E-state index contributed by atoms with van der Waals surface area (Å²) in [5.41, 5.74) is 7.64. The van der Waals surface area contributed by atoms with Crippen LogP contribution in [0.5, 0.6) is 0 Å². The maximum absolute atomic E-state index is 5.85. The second-order valence-corrected chi connectivity index (χ2v) is 4.56. The monoisotopic (exact) mass is 272 g/mol. The molecule has 0 aliphatic rings. The van der Waals surface area contributed by atoms with Crippen LogP contribution in [-0.2, 0) is 13.0 Å². The van der Waals surface area contributed by atoms with Crippen LogP contribution in [-0.4, -0.2) is 10.9 Å². The summed E-state index contributed by atoms with van der Waals surface area (Å²) in [5.74, 6) is 1.90. The highest BCUT2D eigenvalue weighted by molar-refractivity contribution is 5.92. The number of aryl methyl sites for hydroxylation is 2. The molecule has 0 fully saturated rings. The number of nitrogens with one attached hydrogen (secondary N) is 1. The maximum atomic E-state index is 5.85. The number of aromatic nitrogens is 1. The quantitative estimate of drug-likeness (QED) is 0.648. The van der Waals surface area contributed by atoms with Gasteiger partial charge in [0.05, 0.1) is 5.69 Å². The summed E-state index contributed by atoms with van der Waals surface area (Å²) in [5, 5.41) is 3.03. The van der Waals surface area contributed by atoms with Gasteiger partial charge in [0.2, 0.25) is 0 Å². The van der Waals surface area contributed by atoms with Crippen LogP contribution in [0.1, 0.15) is 30.7 Å². The van der Waals surface area contributed by atoms with Crippen molar-refractivity contribution in [3.8, 4) is 0 Å². The van der Waals surface area contributed by atoms with Gasteiger partial charge in [0.15, 0.2) is 11.9 Å². The first kappa shape index (κ1) is 14.1. The Hall–Kier alpha value is -2.30. The fraction of sp³-hybridized carbons (Fsp3) is 0.333. The molecule has 0 unspecified atom stereocenters. The van der Waals surface area contributed by atoms with Gasteiger partial charge in [0.1, 0.15) is 12.3 Å². The van der Waals surface area contributed by atoms with E-state index in [2.05, 4.69) is 22.2 Å². The van der Waals surface area contributed by atoms with Gasteiger partial charge in [0, 0.05) is 12.1 Å². The van der Waals surface area contributed by atoms with Crippen molar-refractivity contribution in [1.29, 1.82) is 0 Å². The van der Waals surface area contributed by atoms with Crippen molar-refractivity contribution >= 4 is 11.6 Å². The molecule has 106 valence electrons. The molecule has 0 radical (unpaired) electrons. The molecular weight excluding hydrogens is 252 g/mol. The molecule has 0 spiro atoms. The van der Waals surface area contributed by atoms with Crippen LogP contribution in [0.15, 0.2) is 39.7 Å². The zero-order chi connectivity index (χ0) is 14.4. The van der Waals surface area contributed by atoms with Crippen LogP contribution in [0.2, 0.25) is 0 Å². The van der Waals surface area contributed by atoms with Gasteiger partial charge in [-0.2, -0.15) is 0 Å². The SMILES string of the molecule is CCCc1nc(C)c(CN=C(N)Nc2ccccc2)o1. The third-order valence-electron chi connectivity index (χ3n) is 2.84. The number of guanidine groups is 1. The van der Waals surface area contributed by atoms with Gasteiger partial charge in [-0.05, 0) is 25.5 Å². The largest absolute Gasteiger partial charge is 0.443 e. The van der Waals surface area contributed by atoms with Crippen LogP contribution in [0.4, 0.5) is 5.69 Å². The van der Waals surface area contributed by atoms with Crippen molar-refractivity contribution in [2.75, 3.05) is 5.32 Å². The van der Waals surface area contributed by atoms with Gasteiger partial charge < -0.3 is 15.5 Å². The molecule has 1 aromatic heterocycles. The highest BCUT2D eigenvalue weighted by Gasteiger charge is 2.08. The van der Waals surface area contributed by atoms with E-state index >= 15 is 0 Å². The van der Waals surface area contributed by atoms with Gasteiger partial charge in [-0.15, -0.1) is 0 Å². The summed E-state index contributed by atoms with van der Waals surface area (Å²) in [4.78, 5) is 8.64. The van der Waals surface area contributed by atoms with Crippen LogP contribution in [0.25, 0.3) is 0 Å². The van der Waals surface area contributed by atoms with E-state index in [1.807, 2.05) is 37.3 Å². The Morgan fingerprint density at radius 1 is 1.35 bits per heavy atom. The standard InChI is InChI=1S/C15H20N4O/c1-3-7-14-18-11(2)13(20-14)10-17-15(16)19-12-8-5-4-6-9-12/h4-6,8-9H,3,7,10H2,1-2H3,(H3,16,17,19). The second kappa shape index (κ2) is 6.75. The number of rotatable bonds is 5. The van der Waals surface area contributed by atoms with E-state index in [9.17, 15) is 0 Å². The number of hydrogen-bond acceptors (Lipinski definition) is 3. The van der Waals surface area contributed by atoms with Crippen molar-refractivity contribution in [2.24, 2.45) is 10.7 Å². The smallest absolute Gasteiger partial charge is 0.194 e. The molecule has 1 aromatic carbocycles. The van der Waals surface area contributed by atoms with Crippen LogP contribution in [0.3, 0.4) is 0 Å². The van der Waals surface area contributed by atoms with E-state index in [0.717, 1.165) is 35.9 Å². The van der Waals surface area contributed by atoms with Crippen molar-refractivity contribution in [3.63, 3.8) is 0 Å². The lowest BCUT2D eigenvalue weighted by molar-refractivity contribution is 0.453. The van der Waals surface area contributed by atoms with Gasteiger partial charge in [-0.3, -0.25) is 0 Å². The number of aliphatic imine (C=N–C) groups is 1. The van der Waals surface area contributed by atoms with Gasteiger partial charge in [-0.25, -0.2) is 9.98 Å². The molecule has 20 heavy (non-hydrogen) atoms. The molecule has 0 saturated carbocycles. The lowest BCUT2D eigenvalue weighted by Gasteiger charge is -2.04. The Morgan fingerprint density at radius 2 is 2.10 bits per heavy atom. The molecule has 5 nitrogen and oxygen atoms in total. The molecule has 0 bridgehead atoms. The Balaban J connectivity index is 1.98. The second-order valence-electron chi connectivity index (χ2n) is 4.56. The lowest BCUT2D eigenvalue weighted by Crippen LogP contribution is -2.22. The first-order chi connectivity index (χ1) is 9.69. The van der Waals surface area contributed by atoms with Crippen LogP contribution < -0.4 is 11.1 Å². The third kappa shape index (κ3) is 3.85.